The van der Waals surface area contributed by atoms with Crippen LogP contribution in [0.25, 0.3) is 11.3 Å². The first-order chi connectivity index (χ1) is 24.3. The van der Waals surface area contributed by atoms with E-state index in [9.17, 15) is 0 Å². The Morgan fingerprint density at radius 3 is 2.29 bits per heavy atom. The smallest absolute Gasteiger partial charge is 0.518 e. The second-order valence-electron chi connectivity index (χ2n) is 16.1. The summed E-state index contributed by atoms with van der Waals surface area (Å²) >= 11 is 0. The van der Waals surface area contributed by atoms with E-state index in [2.05, 4.69) is 127 Å². The second kappa shape index (κ2) is 14.6. The first-order valence-corrected chi connectivity index (χ1v) is 18.1. The van der Waals surface area contributed by atoms with Gasteiger partial charge in [-0.15, -0.1) is 23.8 Å². The van der Waals surface area contributed by atoms with Crippen LogP contribution in [0.5, 0.6) is 11.5 Å². The molecule has 1 atom stereocenters. The maximum Gasteiger partial charge on any atom is 2.00 e. The summed E-state index contributed by atoms with van der Waals surface area (Å²) in [7, 11) is 0. The number of anilines is 3. The van der Waals surface area contributed by atoms with Crippen LogP contribution in [-0.2, 0) is 36.6 Å². The van der Waals surface area contributed by atoms with Gasteiger partial charge < -0.3 is 14.4 Å². The van der Waals surface area contributed by atoms with Crippen LogP contribution >= 0.6 is 0 Å². The zero-order valence-electron chi connectivity index (χ0n) is 31.6. The Bertz CT molecular complexity index is 2080. The van der Waals surface area contributed by atoms with Crippen molar-refractivity contribution in [3.8, 4) is 22.8 Å². The van der Waals surface area contributed by atoms with Gasteiger partial charge in [-0.2, -0.15) is 6.07 Å². The monoisotopic (exact) mass is 871 g/mol. The fraction of sp³-hybridized carbons (Fsp3) is 0.356. The van der Waals surface area contributed by atoms with Gasteiger partial charge in [-0.05, 0) is 70.0 Å². The molecule has 0 unspecified atom stereocenters. The van der Waals surface area contributed by atoms with Crippen LogP contribution in [0.2, 0.25) is 0 Å². The number of hydrogen-bond acceptors (Lipinski definition) is 6. The second-order valence-corrected chi connectivity index (χ2v) is 16.1. The van der Waals surface area contributed by atoms with E-state index in [-0.39, 0.29) is 37.9 Å². The summed E-state index contributed by atoms with van der Waals surface area (Å²) in [5.74, 6) is 3.96. The molecule has 3 aromatic carbocycles. The number of fused-ring (bicyclic) bond motifs is 2. The van der Waals surface area contributed by atoms with E-state index in [1.807, 2.05) is 42.6 Å². The van der Waals surface area contributed by atoms with Crippen molar-refractivity contribution in [3.63, 3.8) is 0 Å². The largest absolute Gasteiger partial charge is 2.00 e. The summed E-state index contributed by atoms with van der Waals surface area (Å²) < 4.78 is 13.0. The molecule has 2 aliphatic heterocycles. The summed E-state index contributed by atoms with van der Waals surface area (Å²) in [6.07, 6.45) is 3.71. The molecular weight excluding hydrogens is 824 g/mol. The minimum absolute atomic E-state index is 0. The molecule has 6 nitrogen and oxygen atoms in total. The number of nitrogens with zero attached hydrogens (tertiary/aromatic N) is 4. The number of hydrogen-bond donors (Lipinski definition) is 0. The topological polar surface area (TPSA) is 59.8 Å². The van der Waals surface area contributed by atoms with Crippen molar-refractivity contribution in [1.82, 2.24) is 9.97 Å². The first kappa shape index (κ1) is 37.5. The summed E-state index contributed by atoms with van der Waals surface area (Å²) in [4.78, 5) is 16.9. The number of benzene rings is 3. The van der Waals surface area contributed by atoms with Gasteiger partial charge in [-0.1, -0.05) is 116 Å². The average Bonchev–Trinajstić information content (AvgIpc) is 3.57. The molecule has 0 saturated heterocycles. The quantitative estimate of drug-likeness (QED) is 0.145. The summed E-state index contributed by atoms with van der Waals surface area (Å²) in [5, 5.41) is 0. The number of aromatic nitrogens is 2. The average molecular weight is 872 g/mol. The zero-order chi connectivity index (χ0) is 36.1. The molecule has 0 amide bonds. The minimum Gasteiger partial charge on any atom is -0.518 e. The number of para-hydroxylation sites is 1. The van der Waals surface area contributed by atoms with E-state index >= 15 is 0 Å². The van der Waals surface area contributed by atoms with Crippen molar-refractivity contribution in [2.24, 2.45) is 22.7 Å². The van der Waals surface area contributed by atoms with Gasteiger partial charge in [0.1, 0.15) is 11.7 Å². The van der Waals surface area contributed by atoms with E-state index in [4.69, 9.17) is 19.5 Å². The Kier molecular flexibility index (Phi) is 10.5. The van der Waals surface area contributed by atoms with Gasteiger partial charge in [0.2, 0.25) is 0 Å². The van der Waals surface area contributed by atoms with Crippen LogP contribution in [0.15, 0.2) is 96.2 Å². The van der Waals surface area contributed by atoms with Crippen molar-refractivity contribution in [1.29, 1.82) is 0 Å². The van der Waals surface area contributed by atoms with Gasteiger partial charge in [-0.3, -0.25) is 9.98 Å². The molecule has 0 radical (unpaired) electrons. The molecule has 0 aliphatic carbocycles. The minimum atomic E-state index is -0.268. The van der Waals surface area contributed by atoms with Crippen LogP contribution in [0.3, 0.4) is 0 Å². The SMILES string of the molecule is CC(C)C(C(C)C)[C@@H]1COC(c2[c-]c(Oc3[c-]c4c(cc3)C(C)(C)c3ccccc3N4c3cc(C(C)(C)C)ccn3)cc(-c3ccccn3)c2)=N1.[Pt+2]. The molecule has 4 heterocycles. The number of rotatable bonds is 8. The molecule has 5 aromatic rings. The van der Waals surface area contributed by atoms with Gasteiger partial charge in [0.25, 0.3) is 0 Å². The predicted octanol–water partition coefficient (Wildman–Crippen LogP) is 11.0. The van der Waals surface area contributed by atoms with Gasteiger partial charge in [0, 0.05) is 29.6 Å². The van der Waals surface area contributed by atoms with Gasteiger partial charge >= 0.3 is 21.1 Å². The molecule has 270 valence electrons. The Balaban J connectivity index is 0.00000464. The molecule has 0 fully saturated rings. The van der Waals surface area contributed by atoms with Crippen LogP contribution < -0.4 is 9.64 Å². The Labute approximate surface area is 324 Å². The molecule has 7 heteroatoms. The molecule has 0 saturated carbocycles. The third kappa shape index (κ3) is 7.20. The van der Waals surface area contributed by atoms with Crippen molar-refractivity contribution < 1.29 is 30.5 Å². The third-order valence-electron chi connectivity index (χ3n) is 10.4. The van der Waals surface area contributed by atoms with Crippen molar-refractivity contribution >= 4 is 23.1 Å². The molecule has 0 spiro atoms. The Morgan fingerprint density at radius 2 is 1.58 bits per heavy atom. The van der Waals surface area contributed by atoms with Crippen LogP contribution in [0.1, 0.15) is 84.6 Å². The summed E-state index contributed by atoms with van der Waals surface area (Å²) in [6, 6.07) is 34.2. The van der Waals surface area contributed by atoms with Gasteiger partial charge in [-0.25, -0.2) is 4.98 Å². The van der Waals surface area contributed by atoms with E-state index in [0.717, 1.165) is 39.6 Å². The third-order valence-corrected chi connectivity index (χ3v) is 10.4. The standard InChI is InChI=1S/C45H48N4O2.Pt/c1-28(2)42(29(3)4)38-27-50-43(48-38)31-22-30(37-15-12-13-20-46-37)23-34(24-31)51-33-17-18-36-40(26-33)49(39-16-11-10-14-35(39)45(36,8)9)41-25-32(19-21-47-41)44(5,6)7;/h10-23,25,28-29,38,42H,27H2,1-9H3;/q-2;+2/t38-;/m0./s1. The molecule has 2 aromatic heterocycles. The molecule has 2 aliphatic rings. The van der Waals surface area contributed by atoms with E-state index in [1.165, 1.54) is 11.1 Å². The molecular formula is C45H48N4O2Pt. The maximum absolute atomic E-state index is 6.68. The van der Waals surface area contributed by atoms with Crippen molar-refractivity contribution in [3.05, 3.63) is 126 Å². The Hall–Kier alpha value is -4.28. The zero-order valence-corrected chi connectivity index (χ0v) is 33.9. The van der Waals surface area contributed by atoms with Crippen molar-refractivity contribution in [2.45, 2.75) is 79.2 Å². The summed E-state index contributed by atoms with van der Waals surface area (Å²) in [5.41, 5.74) is 7.77. The fourth-order valence-corrected chi connectivity index (χ4v) is 7.82. The summed E-state index contributed by atoms with van der Waals surface area (Å²) in [6.45, 7) is 20.9. The number of aliphatic imine (C=N–C) groups is 1. The first-order valence-electron chi connectivity index (χ1n) is 18.1. The van der Waals surface area contributed by atoms with Crippen LogP contribution in [0, 0.1) is 29.9 Å². The molecule has 0 bridgehead atoms. The fourth-order valence-electron chi connectivity index (χ4n) is 7.82. The number of ether oxygens (including phenoxy) is 2. The van der Waals surface area contributed by atoms with Crippen LogP contribution in [0.4, 0.5) is 17.2 Å². The Morgan fingerprint density at radius 1 is 0.827 bits per heavy atom. The maximum atomic E-state index is 6.68. The molecule has 7 rings (SSSR count). The van der Waals surface area contributed by atoms with Gasteiger partial charge in [0.05, 0.1) is 18.3 Å². The van der Waals surface area contributed by atoms with E-state index in [0.29, 0.717) is 41.8 Å². The molecule has 0 N–H and O–H groups in total. The van der Waals surface area contributed by atoms with Crippen LogP contribution in [-0.4, -0.2) is 28.5 Å². The van der Waals surface area contributed by atoms with Gasteiger partial charge in [0.15, 0.2) is 0 Å². The van der Waals surface area contributed by atoms with Crippen molar-refractivity contribution in [2.75, 3.05) is 11.5 Å². The van der Waals surface area contributed by atoms with E-state index < -0.39 is 0 Å². The van der Waals surface area contributed by atoms with E-state index in [1.54, 1.807) is 6.20 Å². The normalized spacial score (nSPS) is 16.3. The molecule has 52 heavy (non-hydrogen) atoms. The number of pyridine rings is 2. The predicted molar refractivity (Wildman–Crippen MR) is 207 cm³/mol.